The summed E-state index contributed by atoms with van der Waals surface area (Å²) in [6.45, 7) is 6.84. The second kappa shape index (κ2) is 8.33. The minimum absolute atomic E-state index is 0.0375. The van der Waals surface area contributed by atoms with E-state index in [4.69, 9.17) is 16.9 Å². The Labute approximate surface area is 130 Å². The lowest BCUT2D eigenvalue weighted by Gasteiger charge is -2.07. The molecule has 0 aromatic heterocycles. The zero-order chi connectivity index (χ0) is 15.8. The van der Waals surface area contributed by atoms with E-state index >= 15 is 0 Å². The highest BCUT2D eigenvalue weighted by atomic mass is 35.5. The maximum Gasteiger partial charge on any atom is 0.267 e. The molecule has 2 N–H and O–H groups in total. The molecule has 0 spiro atoms. The third-order valence-electron chi connectivity index (χ3n) is 2.91. The van der Waals surface area contributed by atoms with E-state index in [-0.39, 0.29) is 5.57 Å². The van der Waals surface area contributed by atoms with E-state index in [9.17, 15) is 4.79 Å². The fourth-order valence-electron chi connectivity index (χ4n) is 1.56. The third kappa shape index (κ3) is 5.88. The molecule has 5 heteroatoms. The van der Waals surface area contributed by atoms with Crippen molar-refractivity contribution in [1.29, 1.82) is 5.26 Å². The lowest BCUT2D eigenvalue weighted by atomic mass is 10.1. The minimum Gasteiger partial charge on any atom is -0.390 e. The first-order valence-corrected chi connectivity index (χ1v) is 7.23. The van der Waals surface area contributed by atoms with Crippen molar-refractivity contribution >= 4 is 23.2 Å². The van der Waals surface area contributed by atoms with Crippen LogP contribution in [0.5, 0.6) is 0 Å². The smallest absolute Gasteiger partial charge is 0.267 e. The van der Waals surface area contributed by atoms with Crippen LogP contribution in [0, 0.1) is 24.2 Å². The molecule has 1 rings (SSSR count). The summed E-state index contributed by atoms with van der Waals surface area (Å²) in [4.78, 5) is 12.0. The van der Waals surface area contributed by atoms with Crippen molar-refractivity contribution in [2.75, 3.05) is 11.9 Å². The van der Waals surface area contributed by atoms with E-state index in [1.807, 2.05) is 19.1 Å². The second-order valence-corrected chi connectivity index (χ2v) is 5.63. The number of nitrogens with zero attached hydrogens (tertiary/aromatic N) is 1. The van der Waals surface area contributed by atoms with Crippen LogP contribution in [0.25, 0.3) is 0 Å². The van der Waals surface area contributed by atoms with Crippen LogP contribution in [-0.2, 0) is 4.79 Å². The third-order valence-corrected chi connectivity index (χ3v) is 3.31. The Balaban J connectivity index is 2.64. The highest BCUT2D eigenvalue weighted by Gasteiger charge is 2.09. The Hall–Kier alpha value is -1.99. The van der Waals surface area contributed by atoms with Crippen molar-refractivity contribution in [3.63, 3.8) is 0 Å². The molecule has 0 radical (unpaired) electrons. The van der Waals surface area contributed by atoms with Gasteiger partial charge in [-0.25, -0.2) is 0 Å². The van der Waals surface area contributed by atoms with Crippen LogP contribution in [0.2, 0.25) is 5.02 Å². The summed E-state index contributed by atoms with van der Waals surface area (Å²) < 4.78 is 0. The summed E-state index contributed by atoms with van der Waals surface area (Å²) in [6, 6.07) is 7.12. The van der Waals surface area contributed by atoms with Gasteiger partial charge in [0.25, 0.3) is 5.91 Å². The van der Waals surface area contributed by atoms with Crippen LogP contribution >= 0.6 is 11.6 Å². The van der Waals surface area contributed by atoms with Gasteiger partial charge in [0.05, 0.1) is 0 Å². The van der Waals surface area contributed by atoms with Gasteiger partial charge in [0.15, 0.2) is 0 Å². The van der Waals surface area contributed by atoms with Gasteiger partial charge in [-0.3, -0.25) is 4.79 Å². The van der Waals surface area contributed by atoms with Crippen LogP contribution in [0.4, 0.5) is 5.69 Å². The number of carbonyl (C=O) groups excluding carboxylic acids is 1. The van der Waals surface area contributed by atoms with Gasteiger partial charge >= 0.3 is 0 Å². The number of anilines is 1. The number of halogens is 1. The molecule has 0 aliphatic heterocycles. The second-order valence-electron chi connectivity index (χ2n) is 5.22. The molecule has 21 heavy (non-hydrogen) atoms. The predicted molar refractivity (Wildman–Crippen MR) is 86.0 cm³/mol. The molecular formula is C16H20ClN3O. The van der Waals surface area contributed by atoms with E-state index in [0.29, 0.717) is 16.6 Å². The number of aryl methyl sites for hydroxylation is 1. The Bertz CT molecular complexity index is 573. The van der Waals surface area contributed by atoms with Crippen LogP contribution in [0.3, 0.4) is 0 Å². The highest BCUT2D eigenvalue weighted by Crippen LogP contribution is 2.20. The first kappa shape index (κ1) is 17.1. The molecular weight excluding hydrogens is 286 g/mol. The molecule has 1 aromatic rings. The Morgan fingerprint density at radius 1 is 1.48 bits per heavy atom. The van der Waals surface area contributed by atoms with Gasteiger partial charge in [0.1, 0.15) is 11.6 Å². The average Bonchev–Trinajstić information content (AvgIpc) is 2.42. The summed E-state index contributed by atoms with van der Waals surface area (Å²) in [5.41, 5.74) is 1.54. The molecule has 0 saturated heterocycles. The van der Waals surface area contributed by atoms with Crippen LogP contribution in [0.15, 0.2) is 30.0 Å². The van der Waals surface area contributed by atoms with E-state index in [2.05, 4.69) is 24.5 Å². The zero-order valence-electron chi connectivity index (χ0n) is 12.5. The van der Waals surface area contributed by atoms with Crippen LogP contribution in [-0.4, -0.2) is 12.5 Å². The fourth-order valence-corrected chi connectivity index (χ4v) is 1.74. The summed E-state index contributed by atoms with van der Waals surface area (Å²) in [5, 5.41) is 15.3. The molecule has 0 atom stereocenters. The molecule has 1 aromatic carbocycles. The molecule has 0 bridgehead atoms. The summed E-state index contributed by atoms with van der Waals surface area (Å²) >= 11 is 6.00. The molecule has 0 fully saturated rings. The number of amides is 1. The maximum atomic E-state index is 12.0. The first-order valence-electron chi connectivity index (χ1n) is 6.85. The largest absolute Gasteiger partial charge is 0.390 e. The number of hydrogen-bond acceptors (Lipinski definition) is 3. The van der Waals surface area contributed by atoms with Crippen LogP contribution < -0.4 is 10.6 Å². The first-order chi connectivity index (χ1) is 9.93. The van der Waals surface area contributed by atoms with Gasteiger partial charge in [-0.1, -0.05) is 31.5 Å². The lowest BCUT2D eigenvalue weighted by Crippen LogP contribution is -2.17. The zero-order valence-corrected chi connectivity index (χ0v) is 13.3. The molecule has 112 valence electrons. The molecule has 0 aliphatic carbocycles. The van der Waals surface area contributed by atoms with E-state index in [1.165, 1.54) is 6.20 Å². The predicted octanol–water partition coefficient (Wildman–Crippen LogP) is 3.63. The number of rotatable bonds is 6. The number of benzene rings is 1. The number of nitrogens with one attached hydrogen (secondary N) is 2. The Kier molecular flexibility index (Phi) is 6.77. The molecule has 0 aliphatic rings. The summed E-state index contributed by atoms with van der Waals surface area (Å²) in [6.07, 6.45) is 2.43. The van der Waals surface area contributed by atoms with Gasteiger partial charge in [0.2, 0.25) is 0 Å². The van der Waals surface area contributed by atoms with Gasteiger partial charge in [0, 0.05) is 23.5 Å². The Morgan fingerprint density at radius 2 is 2.19 bits per heavy atom. The van der Waals surface area contributed by atoms with Crippen molar-refractivity contribution in [1.82, 2.24) is 5.32 Å². The van der Waals surface area contributed by atoms with E-state index in [1.54, 1.807) is 12.1 Å². The number of nitriles is 1. The molecule has 0 unspecified atom stereocenters. The van der Waals surface area contributed by atoms with Crippen molar-refractivity contribution < 1.29 is 4.79 Å². The van der Waals surface area contributed by atoms with Crippen molar-refractivity contribution in [2.45, 2.75) is 27.2 Å². The minimum atomic E-state index is -0.450. The number of hydrogen-bond donors (Lipinski definition) is 2. The van der Waals surface area contributed by atoms with Gasteiger partial charge in [-0.15, -0.1) is 0 Å². The average molecular weight is 306 g/mol. The molecule has 0 heterocycles. The lowest BCUT2D eigenvalue weighted by molar-refractivity contribution is -0.112. The van der Waals surface area contributed by atoms with Gasteiger partial charge in [-0.2, -0.15) is 5.26 Å². The van der Waals surface area contributed by atoms with Crippen molar-refractivity contribution in [2.24, 2.45) is 5.92 Å². The maximum absolute atomic E-state index is 12.0. The molecule has 4 nitrogen and oxygen atoms in total. The normalized spacial score (nSPS) is 11.1. The van der Waals surface area contributed by atoms with Gasteiger partial charge < -0.3 is 10.6 Å². The number of carbonyl (C=O) groups is 1. The topological polar surface area (TPSA) is 64.9 Å². The van der Waals surface area contributed by atoms with Crippen molar-refractivity contribution in [3.05, 3.63) is 40.6 Å². The quantitative estimate of drug-likeness (QED) is 0.479. The highest BCUT2D eigenvalue weighted by molar-refractivity contribution is 6.31. The summed E-state index contributed by atoms with van der Waals surface area (Å²) in [5.74, 6) is 0.120. The monoisotopic (exact) mass is 305 g/mol. The fraction of sp³-hybridized carbons (Fsp3) is 0.375. The van der Waals surface area contributed by atoms with Crippen molar-refractivity contribution in [3.8, 4) is 6.07 Å². The van der Waals surface area contributed by atoms with E-state index in [0.717, 1.165) is 18.5 Å². The van der Waals surface area contributed by atoms with Crippen LogP contribution in [0.1, 0.15) is 25.8 Å². The van der Waals surface area contributed by atoms with Gasteiger partial charge in [-0.05, 0) is 37.0 Å². The molecule has 0 saturated carbocycles. The molecule has 1 amide bonds. The SMILES string of the molecule is Cc1ccc(NC(=O)/C(C#N)=C\NCCC(C)C)cc1Cl. The Morgan fingerprint density at radius 3 is 2.76 bits per heavy atom. The van der Waals surface area contributed by atoms with E-state index < -0.39 is 5.91 Å². The summed E-state index contributed by atoms with van der Waals surface area (Å²) in [7, 11) is 0. The standard InChI is InChI=1S/C16H20ClN3O/c1-11(2)6-7-19-10-13(9-18)16(21)20-14-5-4-12(3)15(17)8-14/h4-5,8,10-11,19H,6-7H2,1-3H3,(H,20,21)/b13-10-.